The summed E-state index contributed by atoms with van der Waals surface area (Å²) < 4.78 is 65.1. The molecule has 0 amide bonds. The molecular formula is C26H28O8S2. The molecule has 10 heteroatoms. The number of hydrogen-bond acceptors (Lipinski definition) is 8. The molecule has 36 heavy (non-hydrogen) atoms. The van der Waals surface area contributed by atoms with E-state index in [0.29, 0.717) is 28.4 Å². The van der Waals surface area contributed by atoms with Gasteiger partial charge in [-0.05, 0) is 42.8 Å². The smallest absolute Gasteiger partial charge is 0.339 e. The van der Waals surface area contributed by atoms with Crippen LogP contribution in [0.4, 0.5) is 0 Å². The number of hydrogen-bond donors (Lipinski definition) is 0. The second-order valence-electron chi connectivity index (χ2n) is 7.61. The molecule has 3 rings (SSSR count). The van der Waals surface area contributed by atoms with Crippen LogP contribution in [0.1, 0.15) is 16.7 Å². The van der Waals surface area contributed by atoms with Gasteiger partial charge in [0.05, 0.1) is 50.6 Å². The molecule has 1 atom stereocenters. The van der Waals surface area contributed by atoms with E-state index in [1.807, 2.05) is 6.92 Å². The molecule has 0 aliphatic carbocycles. The molecule has 0 heterocycles. The van der Waals surface area contributed by atoms with Gasteiger partial charge in [-0.2, -0.15) is 8.42 Å². The van der Waals surface area contributed by atoms with Crippen LogP contribution in [0, 0.1) is 6.92 Å². The predicted molar refractivity (Wildman–Crippen MR) is 139 cm³/mol. The first-order valence-corrected chi connectivity index (χ1v) is 13.5. The fourth-order valence-corrected chi connectivity index (χ4v) is 5.12. The zero-order valence-electron chi connectivity index (χ0n) is 20.6. The van der Waals surface area contributed by atoms with Crippen LogP contribution in [0.2, 0.25) is 0 Å². The standard InChI is InChI=1S/C26H28O8S2/c1-18-6-9-21(10-7-18)36(28,29)34-26-14-19(8-11-23(26)31-3)17-35(27)13-12-22-24(32-4)15-20(30-2)16-25(22)33-5/h6-16H,17H2,1-5H3. The number of aryl methyl sites for hydroxylation is 1. The van der Waals surface area contributed by atoms with E-state index in [1.54, 1.807) is 42.5 Å². The second kappa shape index (κ2) is 12.0. The Balaban J connectivity index is 1.83. The first kappa shape index (κ1) is 27.1. The number of rotatable bonds is 11. The number of methoxy groups -OCH3 is 4. The summed E-state index contributed by atoms with van der Waals surface area (Å²) in [7, 11) is 0.463. The van der Waals surface area contributed by atoms with Gasteiger partial charge in [-0.1, -0.05) is 23.8 Å². The molecule has 0 spiro atoms. The topological polar surface area (TPSA) is 97.4 Å². The van der Waals surface area contributed by atoms with Gasteiger partial charge in [0.25, 0.3) is 0 Å². The highest BCUT2D eigenvalue weighted by atomic mass is 32.2. The lowest BCUT2D eigenvalue weighted by Crippen LogP contribution is -2.10. The fourth-order valence-electron chi connectivity index (χ4n) is 3.30. The second-order valence-corrected chi connectivity index (χ2v) is 10.5. The first-order valence-electron chi connectivity index (χ1n) is 10.7. The molecular weight excluding hydrogens is 504 g/mol. The molecule has 3 aromatic rings. The Bertz CT molecular complexity index is 1340. The van der Waals surface area contributed by atoms with Crippen LogP contribution in [0.3, 0.4) is 0 Å². The van der Waals surface area contributed by atoms with Crippen LogP contribution in [0.15, 0.2) is 64.9 Å². The van der Waals surface area contributed by atoms with E-state index in [2.05, 4.69) is 0 Å². The summed E-state index contributed by atoms with van der Waals surface area (Å²) in [6, 6.07) is 14.5. The average Bonchev–Trinajstić information content (AvgIpc) is 2.87. The van der Waals surface area contributed by atoms with Crippen molar-refractivity contribution in [2.24, 2.45) is 0 Å². The molecule has 0 saturated carbocycles. The third kappa shape index (κ3) is 6.58. The van der Waals surface area contributed by atoms with Gasteiger partial charge in [-0.15, -0.1) is 0 Å². The zero-order valence-corrected chi connectivity index (χ0v) is 22.3. The largest absolute Gasteiger partial charge is 0.496 e. The Morgan fingerprint density at radius 2 is 1.39 bits per heavy atom. The van der Waals surface area contributed by atoms with Crippen molar-refractivity contribution in [3.8, 4) is 28.7 Å². The highest BCUT2D eigenvalue weighted by Crippen LogP contribution is 2.35. The highest BCUT2D eigenvalue weighted by molar-refractivity contribution is 7.87. The van der Waals surface area contributed by atoms with Gasteiger partial charge >= 0.3 is 10.1 Å². The minimum absolute atomic E-state index is 0.00930. The maximum absolute atomic E-state index is 12.8. The van der Waals surface area contributed by atoms with E-state index in [1.165, 1.54) is 52.0 Å². The van der Waals surface area contributed by atoms with E-state index in [0.717, 1.165) is 5.56 Å². The normalized spacial score (nSPS) is 12.2. The van der Waals surface area contributed by atoms with Gasteiger partial charge in [-0.3, -0.25) is 4.21 Å². The van der Waals surface area contributed by atoms with E-state index in [-0.39, 0.29) is 22.1 Å². The van der Waals surface area contributed by atoms with Crippen LogP contribution in [-0.4, -0.2) is 41.1 Å². The van der Waals surface area contributed by atoms with Crippen molar-refractivity contribution >= 4 is 27.0 Å². The van der Waals surface area contributed by atoms with Crippen LogP contribution in [0.25, 0.3) is 6.08 Å². The number of benzene rings is 3. The molecule has 192 valence electrons. The molecule has 3 aromatic carbocycles. The summed E-state index contributed by atoms with van der Waals surface area (Å²) in [5.41, 5.74) is 2.13. The van der Waals surface area contributed by atoms with Gasteiger partial charge in [-0.25, -0.2) is 0 Å². The molecule has 0 aliphatic heterocycles. The lowest BCUT2D eigenvalue weighted by molar-refractivity contribution is 0.374. The van der Waals surface area contributed by atoms with E-state index >= 15 is 0 Å². The van der Waals surface area contributed by atoms with Crippen LogP contribution >= 0.6 is 0 Å². The molecule has 0 bridgehead atoms. The summed E-state index contributed by atoms with van der Waals surface area (Å²) in [6.07, 6.45) is 1.65. The minimum atomic E-state index is -4.08. The maximum Gasteiger partial charge on any atom is 0.339 e. The van der Waals surface area contributed by atoms with Gasteiger partial charge in [0.15, 0.2) is 11.5 Å². The fraction of sp³-hybridized carbons (Fsp3) is 0.231. The predicted octanol–water partition coefficient (Wildman–Crippen LogP) is 4.72. The van der Waals surface area contributed by atoms with Crippen molar-refractivity contribution in [2.45, 2.75) is 17.6 Å². The Labute approximate surface area is 214 Å². The van der Waals surface area contributed by atoms with Gasteiger partial charge in [0.1, 0.15) is 22.1 Å². The minimum Gasteiger partial charge on any atom is -0.496 e. The summed E-state index contributed by atoms with van der Waals surface area (Å²) in [6.45, 7) is 1.86. The van der Waals surface area contributed by atoms with Crippen molar-refractivity contribution in [3.63, 3.8) is 0 Å². The molecule has 1 unspecified atom stereocenters. The highest BCUT2D eigenvalue weighted by Gasteiger charge is 2.20. The van der Waals surface area contributed by atoms with Crippen molar-refractivity contribution in [1.29, 1.82) is 0 Å². The van der Waals surface area contributed by atoms with Gasteiger partial charge in [0, 0.05) is 17.5 Å². The van der Waals surface area contributed by atoms with Crippen molar-refractivity contribution in [2.75, 3.05) is 28.4 Å². The van der Waals surface area contributed by atoms with E-state index in [4.69, 9.17) is 23.1 Å². The van der Waals surface area contributed by atoms with Crippen LogP contribution in [0.5, 0.6) is 28.7 Å². The summed E-state index contributed by atoms with van der Waals surface area (Å²) in [5, 5.41) is 1.51. The molecule has 0 N–H and O–H groups in total. The van der Waals surface area contributed by atoms with Crippen molar-refractivity contribution in [1.82, 2.24) is 0 Å². The van der Waals surface area contributed by atoms with E-state index in [9.17, 15) is 12.6 Å². The lowest BCUT2D eigenvalue weighted by atomic mass is 10.1. The summed E-state index contributed by atoms with van der Waals surface area (Å²) in [4.78, 5) is 0.0226. The Morgan fingerprint density at radius 1 is 0.778 bits per heavy atom. The van der Waals surface area contributed by atoms with Crippen LogP contribution in [-0.2, 0) is 26.7 Å². The molecule has 0 fully saturated rings. The molecule has 8 nitrogen and oxygen atoms in total. The third-order valence-electron chi connectivity index (χ3n) is 5.19. The monoisotopic (exact) mass is 532 g/mol. The summed E-state index contributed by atoms with van der Waals surface area (Å²) >= 11 is 0. The summed E-state index contributed by atoms with van der Waals surface area (Å²) in [5.74, 6) is 1.93. The Kier molecular flexibility index (Phi) is 9.00. The number of ether oxygens (including phenoxy) is 4. The molecule has 0 aromatic heterocycles. The Hall–Kier alpha value is -3.50. The molecule has 0 radical (unpaired) electrons. The van der Waals surface area contributed by atoms with Crippen molar-refractivity contribution in [3.05, 3.63) is 76.7 Å². The maximum atomic E-state index is 12.8. The Morgan fingerprint density at radius 3 is 1.94 bits per heavy atom. The average molecular weight is 533 g/mol. The van der Waals surface area contributed by atoms with Crippen LogP contribution < -0.4 is 23.1 Å². The van der Waals surface area contributed by atoms with Gasteiger partial charge in [0.2, 0.25) is 0 Å². The van der Waals surface area contributed by atoms with Crippen molar-refractivity contribution < 1.29 is 35.8 Å². The third-order valence-corrected chi connectivity index (χ3v) is 7.49. The lowest BCUT2D eigenvalue weighted by Gasteiger charge is -2.13. The SMILES string of the molecule is COc1cc(OC)c(C=CS(=O)Cc2ccc(OC)c(OS(=O)(=O)c3ccc(C)cc3)c2)c(OC)c1. The molecule has 0 aliphatic rings. The van der Waals surface area contributed by atoms with Gasteiger partial charge < -0.3 is 23.1 Å². The van der Waals surface area contributed by atoms with E-state index < -0.39 is 20.9 Å². The quantitative estimate of drug-likeness (QED) is 0.328. The zero-order chi connectivity index (χ0) is 26.3. The molecule has 0 saturated heterocycles. The first-order chi connectivity index (χ1) is 17.2.